The molecule has 1 heterocycles. The van der Waals surface area contributed by atoms with Gasteiger partial charge in [0.05, 0.1) is 6.07 Å². The maximum Gasteiger partial charge on any atom is 0.247 e. The number of halogens is 1. The van der Waals surface area contributed by atoms with Gasteiger partial charge in [0, 0.05) is 10.6 Å². The first-order valence-corrected chi connectivity index (χ1v) is 8.69. The number of hydrogen-bond acceptors (Lipinski definition) is 5. The van der Waals surface area contributed by atoms with Crippen LogP contribution in [0.1, 0.15) is 45.1 Å². The van der Waals surface area contributed by atoms with Gasteiger partial charge in [-0.25, -0.2) is 0 Å². The van der Waals surface area contributed by atoms with E-state index < -0.39 is 11.6 Å². The summed E-state index contributed by atoms with van der Waals surface area (Å²) in [5, 5.41) is 25.3. The van der Waals surface area contributed by atoms with E-state index in [2.05, 4.69) is 26.8 Å². The fraction of sp³-hybridized carbons (Fsp3) is 0.471. The van der Waals surface area contributed by atoms with Crippen LogP contribution in [0.5, 0.6) is 0 Å². The molecule has 1 saturated carbocycles. The van der Waals surface area contributed by atoms with Gasteiger partial charge in [-0.05, 0) is 49.2 Å². The van der Waals surface area contributed by atoms with E-state index in [9.17, 15) is 10.1 Å². The summed E-state index contributed by atoms with van der Waals surface area (Å²) in [5.41, 5.74) is -0.00700. The molecule has 0 spiro atoms. The Morgan fingerprint density at radius 1 is 1.32 bits per heavy atom. The van der Waals surface area contributed by atoms with Crippen molar-refractivity contribution in [3.63, 3.8) is 0 Å². The van der Waals surface area contributed by atoms with Gasteiger partial charge in [-0.2, -0.15) is 10.1 Å². The molecule has 7 nitrogen and oxygen atoms in total. The van der Waals surface area contributed by atoms with Crippen LogP contribution in [0.2, 0.25) is 5.02 Å². The van der Waals surface area contributed by atoms with Gasteiger partial charge in [-0.3, -0.25) is 4.79 Å². The lowest BCUT2D eigenvalue weighted by Gasteiger charge is -2.32. The number of hydrogen-bond donors (Lipinski definition) is 1. The summed E-state index contributed by atoms with van der Waals surface area (Å²) in [6.07, 6.45) is 4.37. The van der Waals surface area contributed by atoms with Gasteiger partial charge >= 0.3 is 0 Å². The second-order valence-electron chi connectivity index (χ2n) is 6.36. The van der Waals surface area contributed by atoms with Gasteiger partial charge in [0.1, 0.15) is 11.6 Å². The molecule has 1 aromatic carbocycles. The molecule has 25 heavy (non-hydrogen) atoms. The number of benzene rings is 1. The first-order valence-electron chi connectivity index (χ1n) is 8.32. The lowest BCUT2D eigenvalue weighted by atomic mass is 9.82. The molecule has 130 valence electrons. The first kappa shape index (κ1) is 17.4. The van der Waals surface area contributed by atoms with E-state index in [-0.39, 0.29) is 5.91 Å². The minimum atomic E-state index is -0.775. The number of nitrogens with zero attached hydrogens (tertiary/aromatic N) is 5. The van der Waals surface area contributed by atoms with Crippen molar-refractivity contribution < 1.29 is 4.79 Å². The predicted octanol–water partition coefficient (Wildman–Crippen LogP) is 2.90. The zero-order valence-corrected chi connectivity index (χ0v) is 14.7. The van der Waals surface area contributed by atoms with Crippen LogP contribution >= 0.6 is 11.6 Å². The second kappa shape index (κ2) is 7.19. The van der Waals surface area contributed by atoms with Crippen molar-refractivity contribution in [2.75, 3.05) is 0 Å². The third-order valence-corrected chi connectivity index (χ3v) is 4.79. The molecule has 8 heteroatoms. The molecule has 1 fully saturated rings. The zero-order valence-electron chi connectivity index (χ0n) is 13.9. The molecule has 1 atom stereocenters. The van der Waals surface area contributed by atoms with E-state index in [0.29, 0.717) is 23.7 Å². The van der Waals surface area contributed by atoms with Crippen molar-refractivity contribution in [2.24, 2.45) is 0 Å². The van der Waals surface area contributed by atoms with E-state index in [1.54, 1.807) is 31.2 Å². The summed E-state index contributed by atoms with van der Waals surface area (Å²) in [6, 6.07) is 8.70. The number of nitrogens with one attached hydrogen (secondary N) is 1. The van der Waals surface area contributed by atoms with Crippen LogP contribution in [0.3, 0.4) is 0 Å². The van der Waals surface area contributed by atoms with Gasteiger partial charge in [0.15, 0.2) is 0 Å². The number of amides is 1. The molecule has 0 aliphatic heterocycles. The Labute approximate surface area is 151 Å². The summed E-state index contributed by atoms with van der Waals surface area (Å²) in [7, 11) is 0. The lowest BCUT2D eigenvalue weighted by Crippen LogP contribution is -2.50. The summed E-state index contributed by atoms with van der Waals surface area (Å²) in [6.45, 7) is 1.69. The van der Waals surface area contributed by atoms with Crippen molar-refractivity contribution in [1.29, 1.82) is 5.26 Å². The fourth-order valence-corrected chi connectivity index (χ4v) is 3.09. The number of tetrazole rings is 1. The van der Waals surface area contributed by atoms with E-state index in [0.717, 1.165) is 24.8 Å². The van der Waals surface area contributed by atoms with Crippen LogP contribution in [-0.2, 0) is 4.79 Å². The summed E-state index contributed by atoms with van der Waals surface area (Å²) < 4.78 is 0. The maximum atomic E-state index is 12.6. The molecule has 0 saturated heterocycles. The highest BCUT2D eigenvalue weighted by Crippen LogP contribution is 2.28. The Morgan fingerprint density at radius 3 is 2.64 bits per heavy atom. The van der Waals surface area contributed by atoms with Crippen molar-refractivity contribution in [3.05, 3.63) is 29.3 Å². The monoisotopic (exact) mass is 358 g/mol. The van der Waals surface area contributed by atoms with E-state index >= 15 is 0 Å². The molecule has 1 N–H and O–H groups in total. The van der Waals surface area contributed by atoms with Gasteiger partial charge in [0.25, 0.3) is 0 Å². The summed E-state index contributed by atoms with van der Waals surface area (Å²) >= 11 is 5.87. The molecule has 1 aromatic heterocycles. The lowest BCUT2D eigenvalue weighted by molar-refractivity contribution is -0.126. The molecular formula is C17H19ClN6O. The molecule has 0 radical (unpaired) electrons. The van der Waals surface area contributed by atoms with Gasteiger partial charge in [-0.15, -0.1) is 10.2 Å². The van der Waals surface area contributed by atoms with Crippen LogP contribution in [0.25, 0.3) is 11.4 Å². The third kappa shape index (κ3) is 3.80. The first-order chi connectivity index (χ1) is 12.0. The average molecular weight is 359 g/mol. The van der Waals surface area contributed by atoms with Crippen LogP contribution in [0.4, 0.5) is 0 Å². The standard InChI is InChI=1S/C17H19ClN6O/c1-12(16(25)20-17(11-19)9-3-2-4-10-17)24-22-15(21-23-24)13-5-7-14(18)8-6-13/h5-8,12H,2-4,9-10H2,1H3,(H,20,25)/t12-/m1/s1. The van der Waals surface area contributed by atoms with Gasteiger partial charge in [0.2, 0.25) is 11.7 Å². The maximum absolute atomic E-state index is 12.6. The summed E-state index contributed by atoms with van der Waals surface area (Å²) in [4.78, 5) is 13.8. The second-order valence-corrected chi connectivity index (χ2v) is 6.80. The highest BCUT2D eigenvalue weighted by molar-refractivity contribution is 6.30. The largest absolute Gasteiger partial charge is 0.336 e. The number of carbonyl (C=O) groups is 1. The van der Waals surface area contributed by atoms with Gasteiger partial charge < -0.3 is 5.32 Å². The molecule has 0 bridgehead atoms. The number of carbonyl (C=O) groups excluding carboxylic acids is 1. The van der Waals surface area contributed by atoms with Crippen LogP contribution in [-0.4, -0.2) is 31.7 Å². The molecule has 1 aliphatic carbocycles. The van der Waals surface area contributed by atoms with Crippen LogP contribution in [0.15, 0.2) is 24.3 Å². The van der Waals surface area contributed by atoms with Crippen molar-refractivity contribution in [1.82, 2.24) is 25.5 Å². The fourth-order valence-electron chi connectivity index (χ4n) is 2.97. The topological polar surface area (TPSA) is 96.5 Å². The minimum Gasteiger partial charge on any atom is -0.336 e. The Morgan fingerprint density at radius 2 is 2.00 bits per heavy atom. The Hall–Kier alpha value is -2.46. The minimum absolute atomic E-state index is 0.275. The average Bonchev–Trinajstić information content (AvgIpc) is 3.12. The smallest absolute Gasteiger partial charge is 0.247 e. The number of nitriles is 1. The Balaban J connectivity index is 1.72. The quantitative estimate of drug-likeness (QED) is 0.906. The Kier molecular flexibility index (Phi) is 5.00. The zero-order chi connectivity index (χ0) is 17.9. The number of rotatable bonds is 4. The van der Waals surface area contributed by atoms with E-state index in [4.69, 9.17) is 11.6 Å². The molecular weight excluding hydrogens is 340 g/mol. The van der Waals surface area contributed by atoms with Crippen LogP contribution in [0, 0.1) is 11.3 Å². The summed E-state index contributed by atoms with van der Waals surface area (Å²) in [5.74, 6) is 0.146. The van der Waals surface area contributed by atoms with E-state index in [1.807, 2.05) is 0 Å². The van der Waals surface area contributed by atoms with Crippen molar-refractivity contribution >= 4 is 17.5 Å². The van der Waals surface area contributed by atoms with Crippen molar-refractivity contribution in [3.8, 4) is 17.5 Å². The highest BCUT2D eigenvalue weighted by atomic mass is 35.5. The highest BCUT2D eigenvalue weighted by Gasteiger charge is 2.35. The Bertz CT molecular complexity index is 788. The molecule has 3 rings (SSSR count). The predicted molar refractivity (Wildman–Crippen MR) is 92.5 cm³/mol. The number of aromatic nitrogens is 4. The van der Waals surface area contributed by atoms with E-state index in [1.165, 1.54) is 4.80 Å². The normalized spacial score (nSPS) is 17.5. The molecule has 0 unspecified atom stereocenters. The van der Waals surface area contributed by atoms with Gasteiger partial charge in [-0.1, -0.05) is 30.9 Å². The third-order valence-electron chi connectivity index (χ3n) is 4.54. The van der Waals surface area contributed by atoms with Crippen LogP contribution < -0.4 is 5.32 Å². The SMILES string of the molecule is C[C@H](C(=O)NC1(C#N)CCCCC1)n1nnc(-c2ccc(Cl)cc2)n1. The molecule has 1 aliphatic rings. The van der Waals surface area contributed by atoms with Crippen molar-refractivity contribution in [2.45, 2.75) is 50.6 Å². The molecule has 1 amide bonds. The molecule has 2 aromatic rings.